The highest BCUT2D eigenvalue weighted by atomic mass is 35.5. The summed E-state index contributed by atoms with van der Waals surface area (Å²) >= 11 is 5.56. The Kier molecular flexibility index (Phi) is 3.66. The van der Waals surface area contributed by atoms with Crippen LogP contribution in [0.15, 0.2) is 12.1 Å². The molecular weight excluding hydrogens is 221 g/mol. The molecule has 1 rings (SSSR count). The SMILES string of the molecule is Cc1cc(Cl)c(F)cc1C(N)CC(=O)O. The summed E-state index contributed by atoms with van der Waals surface area (Å²) < 4.78 is 13.1. The molecule has 0 aromatic heterocycles. The molecule has 1 aromatic rings. The number of hydrogen-bond donors (Lipinski definition) is 2. The van der Waals surface area contributed by atoms with Crippen LogP contribution in [0.3, 0.4) is 0 Å². The number of aryl methyl sites for hydroxylation is 1. The Labute approximate surface area is 91.7 Å². The van der Waals surface area contributed by atoms with Crippen LogP contribution in [0.4, 0.5) is 4.39 Å². The summed E-state index contributed by atoms with van der Waals surface area (Å²) in [5.41, 5.74) is 6.79. The van der Waals surface area contributed by atoms with Gasteiger partial charge in [-0.3, -0.25) is 4.79 Å². The minimum atomic E-state index is -1.02. The Hall–Kier alpha value is -1.13. The molecule has 1 unspecified atom stereocenters. The second-order valence-corrected chi connectivity index (χ2v) is 3.73. The third-order valence-corrected chi connectivity index (χ3v) is 2.39. The standard InChI is InChI=1S/C10H11ClFNO2/c1-5-2-7(11)8(12)3-6(5)9(13)4-10(14)15/h2-3,9H,4,13H2,1H3,(H,14,15). The highest BCUT2D eigenvalue weighted by Gasteiger charge is 2.15. The summed E-state index contributed by atoms with van der Waals surface area (Å²) in [6.45, 7) is 1.71. The van der Waals surface area contributed by atoms with E-state index in [0.717, 1.165) is 0 Å². The van der Waals surface area contributed by atoms with E-state index in [1.807, 2.05) is 0 Å². The first-order chi connectivity index (χ1) is 6.91. The first-order valence-corrected chi connectivity index (χ1v) is 4.72. The van der Waals surface area contributed by atoms with Crippen molar-refractivity contribution in [2.75, 3.05) is 0 Å². The van der Waals surface area contributed by atoms with E-state index in [1.165, 1.54) is 12.1 Å². The topological polar surface area (TPSA) is 63.3 Å². The predicted octanol–water partition coefficient (Wildman–Crippen LogP) is 2.26. The van der Waals surface area contributed by atoms with Gasteiger partial charge in [-0.2, -0.15) is 0 Å². The maximum atomic E-state index is 13.1. The predicted molar refractivity (Wildman–Crippen MR) is 55.3 cm³/mol. The normalized spacial score (nSPS) is 12.5. The van der Waals surface area contributed by atoms with Crippen molar-refractivity contribution in [1.29, 1.82) is 0 Å². The molecule has 1 aromatic carbocycles. The number of nitrogens with two attached hydrogens (primary N) is 1. The van der Waals surface area contributed by atoms with Gasteiger partial charge in [0, 0.05) is 6.04 Å². The van der Waals surface area contributed by atoms with Crippen LogP contribution in [0.25, 0.3) is 0 Å². The molecule has 0 fully saturated rings. The van der Waals surface area contributed by atoms with Crippen LogP contribution in [0, 0.1) is 12.7 Å². The smallest absolute Gasteiger partial charge is 0.305 e. The summed E-state index contributed by atoms with van der Waals surface area (Å²) in [4.78, 5) is 10.4. The third kappa shape index (κ3) is 2.91. The van der Waals surface area contributed by atoms with E-state index in [9.17, 15) is 9.18 Å². The molecular formula is C10H11ClFNO2. The highest BCUT2D eigenvalue weighted by molar-refractivity contribution is 6.30. The quantitative estimate of drug-likeness (QED) is 0.839. The molecule has 3 N–H and O–H groups in total. The third-order valence-electron chi connectivity index (χ3n) is 2.10. The first kappa shape index (κ1) is 11.9. The lowest BCUT2D eigenvalue weighted by Gasteiger charge is -2.13. The van der Waals surface area contributed by atoms with Crippen molar-refractivity contribution in [3.8, 4) is 0 Å². The van der Waals surface area contributed by atoms with Crippen molar-refractivity contribution in [3.05, 3.63) is 34.1 Å². The van der Waals surface area contributed by atoms with E-state index in [-0.39, 0.29) is 11.4 Å². The maximum Gasteiger partial charge on any atom is 0.305 e. The zero-order chi connectivity index (χ0) is 11.6. The number of carbonyl (C=O) groups is 1. The molecule has 1 atom stereocenters. The molecule has 0 aliphatic carbocycles. The zero-order valence-electron chi connectivity index (χ0n) is 8.13. The Morgan fingerprint density at radius 3 is 2.80 bits per heavy atom. The molecule has 5 heteroatoms. The van der Waals surface area contributed by atoms with Crippen LogP contribution in [-0.2, 0) is 4.79 Å². The summed E-state index contributed by atoms with van der Waals surface area (Å²) in [7, 11) is 0. The average Bonchev–Trinajstić information content (AvgIpc) is 2.09. The summed E-state index contributed by atoms with van der Waals surface area (Å²) in [6.07, 6.45) is -0.234. The van der Waals surface area contributed by atoms with E-state index < -0.39 is 17.8 Å². The molecule has 82 valence electrons. The minimum absolute atomic E-state index is 0.0128. The van der Waals surface area contributed by atoms with Gasteiger partial charge in [-0.15, -0.1) is 0 Å². The van der Waals surface area contributed by atoms with Gasteiger partial charge in [0.2, 0.25) is 0 Å². The van der Waals surface area contributed by atoms with Gasteiger partial charge in [0.15, 0.2) is 0 Å². The molecule has 0 radical (unpaired) electrons. The lowest BCUT2D eigenvalue weighted by molar-refractivity contribution is -0.137. The fourth-order valence-electron chi connectivity index (χ4n) is 1.36. The van der Waals surface area contributed by atoms with Crippen LogP contribution < -0.4 is 5.73 Å². The number of carboxylic acid groups (broad SMARTS) is 1. The van der Waals surface area contributed by atoms with Crippen LogP contribution >= 0.6 is 11.6 Å². The second kappa shape index (κ2) is 4.59. The average molecular weight is 232 g/mol. The van der Waals surface area contributed by atoms with Crippen molar-refractivity contribution in [2.45, 2.75) is 19.4 Å². The molecule has 0 bridgehead atoms. The Balaban J connectivity index is 3.03. The number of rotatable bonds is 3. The molecule has 3 nitrogen and oxygen atoms in total. The van der Waals surface area contributed by atoms with Gasteiger partial charge in [-0.25, -0.2) is 4.39 Å². The lowest BCUT2D eigenvalue weighted by Crippen LogP contribution is -2.16. The van der Waals surface area contributed by atoms with E-state index in [0.29, 0.717) is 11.1 Å². The van der Waals surface area contributed by atoms with Crippen molar-refractivity contribution in [3.63, 3.8) is 0 Å². The molecule has 0 aliphatic heterocycles. The van der Waals surface area contributed by atoms with Gasteiger partial charge in [-0.1, -0.05) is 11.6 Å². The fourth-order valence-corrected chi connectivity index (χ4v) is 1.58. The number of hydrogen-bond acceptors (Lipinski definition) is 2. The second-order valence-electron chi connectivity index (χ2n) is 3.33. The Bertz CT molecular complexity index is 395. The van der Waals surface area contributed by atoms with Gasteiger partial charge < -0.3 is 10.8 Å². The minimum Gasteiger partial charge on any atom is -0.481 e. The summed E-state index contributed by atoms with van der Waals surface area (Å²) in [5, 5.41) is 8.57. The largest absolute Gasteiger partial charge is 0.481 e. The molecule has 15 heavy (non-hydrogen) atoms. The fraction of sp³-hybridized carbons (Fsp3) is 0.300. The van der Waals surface area contributed by atoms with E-state index in [2.05, 4.69) is 0 Å². The van der Waals surface area contributed by atoms with Gasteiger partial charge in [-0.05, 0) is 30.2 Å². The van der Waals surface area contributed by atoms with Gasteiger partial charge in [0.05, 0.1) is 11.4 Å². The number of benzene rings is 1. The van der Waals surface area contributed by atoms with Crippen LogP contribution in [0.5, 0.6) is 0 Å². The van der Waals surface area contributed by atoms with E-state index in [1.54, 1.807) is 6.92 Å². The van der Waals surface area contributed by atoms with Crippen LogP contribution in [0.2, 0.25) is 5.02 Å². The Morgan fingerprint density at radius 2 is 2.27 bits per heavy atom. The summed E-state index contributed by atoms with van der Waals surface area (Å²) in [5.74, 6) is -1.60. The van der Waals surface area contributed by atoms with Crippen molar-refractivity contribution in [2.24, 2.45) is 5.73 Å². The first-order valence-electron chi connectivity index (χ1n) is 4.34. The molecule has 0 saturated heterocycles. The number of carboxylic acids is 1. The van der Waals surface area contributed by atoms with E-state index >= 15 is 0 Å². The number of halogens is 2. The number of aliphatic carboxylic acids is 1. The van der Waals surface area contributed by atoms with Crippen LogP contribution in [0.1, 0.15) is 23.6 Å². The molecule has 0 saturated carbocycles. The van der Waals surface area contributed by atoms with Gasteiger partial charge in [0.1, 0.15) is 5.82 Å². The Morgan fingerprint density at radius 1 is 1.67 bits per heavy atom. The highest BCUT2D eigenvalue weighted by Crippen LogP contribution is 2.24. The van der Waals surface area contributed by atoms with Crippen molar-refractivity contribution in [1.82, 2.24) is 0 Å². The molecule has 0 aliphatic rings. The van der Waals surface area contributed by atoms with Gasteiger partial charge >= 0.3 is 5.97 Å². The van der Waals surface area contributed by atoms with Crippen molar-refractivity contribution >= 4 is 17.6 Å². The molecule has 0 amide bonds. The molecule has 0 heterocycles. The summed E-state index contributed by atoms with van der Waals surface area (Å²) in [6, 6.07) is 1.91. The van der Waals surface area contributed by atoms with Crippen LogP contribution in [-0.4, -0.2) is 11.1 Å². The maximum absolute atomic E-state index is 13.1. The monoisotopic (exact) mass is 231 g/mol. The lowest BCUT2D eigenvalue weighted by atomic mass is 9.99. The van der Waals surface area contributed by atoms with Crippen molar-refractivity contribution < 1.29 is 14.3 Å². The van der Waals surface area contributed by atoms with Gasteiger partial charge in [0.25, 0.3) is 0 Å². The molecule has 0 spiro atoms. The zero-order valence-corrected chi connectivity index (χ0v) is 8.88. The van der Waals surface area contributed by atoms with E-state index in [4.69, 9.17) is 22.4 Å².